The second-order valence-electron chi connectivity index (χ2n) is 2.84. The van der Waals surface area contributed by atoms with Gasteiger partial charge in [-0.25, -0.2) is 0 Å². The largest absolute Gasteiger partial charge is 0.480 e. The maximum absolute atomic E-state index is 8.48. The van der Waals surface area contributed by atoms with E-state index in [4.69, 9.17) is 14.8 Å². The molecule has 0 saturated heterocycles. The van der Waals surface area contributed by atoms with Crippen LogP contribution in [0.2, 0.25) is 0 Å². The molecule has 0 aliphatic carbocycles. The highest BCUT2D eigenvalue weighted by molar-refractivity contribution is 6.47. The van der Waals surface area contributed by atoms with Gasteiger partial charge >= 0.3 is 7.12 Å². The summed E-state index contributed by atoms with van der Waals surface area (Å²) in [4.78, 5) is 0. The molecule has 4 heteroatoms. The molecule has 1 aromatic rings. The van der Waals surface area contributed by atoms with Crippen molar-refractivity contribution in [3.05, 3.63) is 47.9 Å². The average molecular weight is 192 g/mol. The monoisotopic (exact) mass is 192 g/mol. The lowest BCUT2D eigenvalue weighted by atomic mass is 9.92. The zero-order valence-corrected chi connectivity index (χ0v) is 7.84. The van der Waals surface area contributed by atoms with Crippen molar-refractivity contribution in [1.29, 1.82) is 0 Å². The molecule has 0 amide bonds. The second-order valence-corrected chi connectivity index (χ2v) is 2.84. The van der Waals surface area contributed by atoms with Crippen LogP contribution in [-0.2, 0) is 11.3 Å². The summed E-state index contributed by atoms with van der Waals surface area (Å²) in [5.41, 5.74) is 1.10. The molecule has 14 heavy (non-hydrogen) atoms. The first kappa shape index (κ1) is 11.0. The second kappa shape index (κ2) is 6.37. The SMILES string of the molecule is OB(O)C=CCOCc1ccccc1. The molecule has 1 aromatic carbocycles. The third-order valence-electron chi connectivity index (χ3n) is 1.63. The Balaban J connectivity index is 2.16. The number of hydrogen-bond donors (Lipinski definition) is 2. The third-order valence-corrected chi connectivity index (χ3v) is 1.63. The summed E-state index contributed by atoms with van der Waals surface area (Å²) in [6.45, 7) is 0.916. The number of ether oxygens (including phenoxy) is 1. The molecule has 0 aromatic heterocycles. The molecule has 3 nitrogen and oxygen atoms in total. The lowest BCUT2D eigenvalue weighted by Gasteiger charge is -2.00. The highest BCUT2D eigenvalue weighted by atomic mass is 16.5. The maximum Gasteiger partial charge on any atom is 0.480 e. The van der Waals surface area contributed by atoms with E-state index in [1.165, 1.54) is 5.98 Å². The van der Waals surface area contributed by atoms with Crippen LogP contribution in [0.25, 0.3) is 0 Å². The van der Waals surface area contributed by atoms with E-state index in [1.807, 2.05) is 30.3 Å². The van der Waals surface area contributed by atoms with Crippen molar-refractivity contribution < 1.29 is 14.8 Å². The molecule has 74 valence electrons. The Morgan fingerprint density at radius 1 is 1.21 bits per heavy atom. The minimum atomic E-state index is -1.39. The van der Waals surface area contributed by atoms with E-state index in [2.05, 4.69) is 0 Å². The fraction of sp³-hybridized carbons (Fsp3) is 0.200. The summed E-state index contributed by atoms with van der Waals surface area (Å²) in [7, 11) is -1.39. The predicted molar refractivity (Wildman–Crippen MR) is 55.4 cm³/mol. The average Bonchev–Trinajstić information content (AvgIpc) is 2.18. The van der Waals surface area contributed by atoms with Gasteiger partial charge in [-0.3, -0.25) is 0 Å². The Kier molecular flexibility index (Phi) is 5.00. The summed E-state index contributed by atoms with van der Waals surface area (Å²) >= 11 is 0. The van der Waals surface area contributed by atoms with Gasteiger partial charge in [0.15, 0.2) is 0 Å². The number of rotatable bonds is 5. The van der Waals surface area contributed by atoms with Crippen LogP contribution < -0.4 is 0 Å². The van der Waals surface area contributed by atoms with Crippen molar-refractivity contribution in [1.82, 2.24) is 0 Å². The van der Waals surface area contributed by atoms with E-state index < -0.39 is 7.12 Å². The van der Waals surface area contributed by atoms with Crippen molar-refractivity contribution in [2.75, 3.05) is 6.61 Å². The summed E-state index contributed by atoms with van der Waals surface area (Å²) in [6.07, 6.45) is 1.58. The van der Waals surface area contributed by atoms with E-state index >= 15 is 0 Å². The van der Waals surface area contributed by atoms with Crippen LogP contribution >= 0.6 is 0 Å². The van der Waals surface area contributed by atoms with Gasteiger partial charge < -0.3 is 14.8 Å². The van der Waals surface area contributed by atoms with Gasteiger partial charge in [0, 0.05) is 0 Å². The van der Waals surface area contributed by atoms with Crippen molar-refractivity contribution in [3.8, 4) is 0 Å². The van der Waals surface area contributed by atoms with Crippen molar-refractivity contribution >= 4 is 7.12 Å². The first-order valence-electron chi connectivity index (χ1n) is 4.43. The van der Waals surface area contributed by atoms with Crippen LogP contribution in [0.5, 0.6) is 0 Å². The molecule has 0 aliphatic rings. The molecule has 1 rings (SSSR count). The molecule has 0 bridgehead atoms. The summed E-state index contributed by atoms with van der Waals surface area (Å²) in [5.74, 6) is 1.27. The molecule has 0 radical (unpaired) electrons. The minimum Gasteiger partial charge on any atom is -0.424 e. The predicted octanol–water partition coefficient (Wildman–Crippen LogP) is 0.771. The Labute approximate surface area is 83.8 Å². The van der Waals surface area contributed by atoms with Crippen LogP contribution in [0.1, 0.15) is 5.56 Å². The summed E-state index contributed by atoms with van der Waals surface area (Å²) < 4.78 is 5.26. The van der Waals surface area contributed by atoms with E-state index in [0.717, 1.165) is 5.56 Å². The van der Waals surface area contributed by atoms with Crippen LogP contribution in [0.3, 0.4) is 0 Å². The van der Waals surface area contributed by atoms with Crippen LogP contribution in [0.4, 0.5) is 0 Å². The summed E-state index contributed by atoms with van der Waals surface area (Å²) in [5, 5.41) is 17.0. The Morgan fingerprint density at radius 3 is 2.57 bits per heavy atom. The van der Waals surface area contributed by atoms with E-state index in [-0.39, 0.29) is 0 Å². The highest BCUT2D eigenvalue weighted by Crippen LogP contribution is 1.99. The van der Waals surface area contributed by atoms with Crippen LogP contribution in [-0.4, -0.2) is 23.8 Å². The molecule has 0 fully saturated rings. The Hall–Kier alpha value is -1.10. The van der Waals surface area contributed by atoms with E-state index in [0.29, 0.717) is 13.2 Å². The van der Waals surface area contributed by atoms with Gasteiger partial charge in [0.2, 0.25) is 0 Å². The van der Waals surface area contributed by atoms with Crippen molar-refractivity contribution in [2.24, 2.45) is 0 Å². The first-order chi connectivity index (χ1) is 6.79. The fourth-order valence-electron chi connectivity index (χ4n) is 0.996. The lowest BCUT2D eigenvalue weighted by molar-refractivity contribution is 0.148. The standard InChI is InChI=1S/C10H13BO3/c12-11(13)7-4-8-14-9-10-5-2-1-3-6-10/h1-7,12-13H,8-9H2. The molecule has 2 N–H and O–H groups in total. The number of hydrogen-bond acceptors (Lipinski definition) is 3. The quantitative estimate of drug-likeness (QED) is 0.535. The molecule has 0 atom stereocenters. The topological polar surface area (TPSA) is 49.7 Å². The molecular formula is C10H13BO3. The molecule has 0 spiro atoms. The van der Waals surface area contributed by atoms with Gasteiger partial charge in [-0.05, 0) is 5.56 Å². The van der Waals surface area contributed by atoms with Gasteiger partial charge in [0.1, 0.15) is 0 Å². The lowest BCUT2D eigenvalue weighted by Crippen LogP contribution is -2.06. The first-order valence-corrected chi connectivity index (χ1v) is 4.43. The van der Waals surface area contributed by atoms with E-state index in [9.17, 15) is 0 Å². The smallest absolute Gasteiger partial charge is 0.424 e. The van der Waals surface area contributed by atoms with Gasteiger partial charge in [-0.1, -0.05) is 42.4 Å². The summed E-state index contributed by atoms with van der Waals surface area (Å²) in [6, 6.07) is 9.80. The molecular weight excluding hydrogens is 179 g/mol. The fourth-order valence-corrected chi connectivity index (χ4v) is 0.996. The van der Waals surface area contributed by atoms with Gasteiger partial charge in [-0.15, -0.1) is 0 Å². The zero-order valence-electron chi connectivity index (χ0n) is 7.84. The molecule has 0 unspecified atom stereocenters. The zero-order chi connectivity index (χ0) is 10.2. The third kappa shape index (κ3) is 4.82. The minimum absolute atomic E-state index is 0.381. The van der Waals surface area contributed by atoms with E-state index in [1.54, 1.807) is 6.08 Å². The normalized spacial score (nSPS) is 10.7. The molecule has 0 heterocycles. The number of benzene rings is 1. The van der Waals surface area contributed by atoms with Crippen LogP contribution in [0, 0.1) is 0 Å². The van der Waals surface area contributed by atoms with Gasteiger partial charge in [-0.2, -0.15) is 0 Å². The molecule has 0 aliphatic heterocycles. The van der Waals surface area contributed by atoms with Gasteiger partial charge in [0.05, 0.1) is 13.2 Å². The Bertz CT molecular complexity index is 272. The highest BCUT2D eigenvalue weighted by Gasteiger charge is 1.96. The van der Waals surface area contributed by atoms with Crippen molar-refractivity contribution in [3.63, 3.8) is 0 Å². The maximum atomic E-state index is 8.48. The Morgan fingerprint density at radius 2 is 1.93 bits per heavy atom. The van der Waals surface area contributed by atoms with Crippen LogP contribution in [0.15, 0.2) is 42.4 Å². The van der Waals surface area contributed by atoms with Gasteiger partial charge in [0.25, 0.3) is 0 Å². The molecule has 0 saturated carbocycles. The van der Waals surface area contributed by atoms with Crippen molar-refractivity contribution in [2.45, 2.75) is 6.61 Å².